The van der Waals surface area contributed by atoms with Crippen molar-refractivity contribution in [2.24, 2.45) is 10.9 Å². The molecule has 0 radical (unpaired) electrons. The second kappa shape index (κ2) is 5.57. The lowest BCUT2D eigenvalue weighted by molar-refractivity contribution is 0.0895. The molecular weight excluding hydrogens is 234 g/mol. The highest BCUT2D eigenvalue weighted by atomic mass is 16.4. The molecule has 100 valence electrons. The van der Waals surface area contributed by atoms with Crippen LogP contribution in [0.15, 0.2) is 21.7 Å². The van der Waals surface area contributed by atoms with E-state index in [1.807, 2.05) is 13.8 Å². The van der Waals surface area contributed by atoms with E-state index in [2.05, 4.69) is 10.5 Å². The van der Waals surface area contributed by atoms with E-state index >= 15 is 0 Å². The smallest absolute Gasteiger partial charge is 0.287 e. The van der Waals surface area contributed by atoms with Crippen LogP contribution in [0.25, 0.3) is 0 Å². The zero-order chi connectivity index (χ0) is 13.8. The van der Waals surface area contributed by atoms with Gasteiger partial charge in [-0.1, -0.05) is 19.0 Å². The molecule has 0 aliphatic rings. The molecule has 0 aliphatic heterocycles. The lowest BCUT2D eigenvalue weighted by Crippen LogP contribution is -2.55. The van der Waals surface area contributed by atoms with Gasteiger partial charge in [0.25, 0.3) is 5.91 Å². The Balaban J connectivity index is 2.86. The Morgan fingerprint density at radius 3 is 2.67 bits per heavy atom. The standard InChI is InChI=1S/C12H19N3O3/c1-4-8-6-7-9(18-8)10(16)14-12(3,5-2)11(13)15-17/h6-7,17H,4-5H2,1-3H3,(H2,13,15)(H,14,16). The van der Waals surface area contributed by atoms with Gasteiger partial charge in [0.15, 0.2) is 11.6 Å². The van der Waals surface area contributed by atoms with Gasteiger partial charge in [-0.25, -0.2) is 0 Å². The molecule has 0 spiro atoms. The molecule has 6 heteroatoms. The summed E-state index contributed by atoms with van der Waals surface area (Å²) in [6, 6.07) is 3.36. The van der Waals surface area contributed by atoms with Gasteiger partial charge in [-0.3, -0.25) is 4.79 Å². The molecule has 0 aromatic carbocycles. The van der Waals surface area contributed by atoms with Crippen LogP contribution in [0.4, 0.5) is 0 Å². The molecule has 0 saturated heterocycles. The van der Waals surface area contributed by atoms with Gasteiger partial charge >= 0.3 is 0 Å². The normalized spacial score (nSPS) is 15.2. The van der Waals surface area contributed by atoms with E-state index in [1.165, 1.54) is 0 Å². The highest BCUT2D eigenvalue weighted by Crippen LogP contribution is 2.13. The average Bonchev–Trinajstić information content (AvgIpc) is 2.86. The lowest BCUT2D eigenvalue weighted by atomic mass is 9.97. The lowest BCUT2D eigenvalue weighted by Gasteiger charge is -2.27. The Kier molecular flexibility index (Phi) is 4.36. The fraction of sp³-hybridized carbons (Fsp3) is 0.500. The van der Waals surface area contributed by atoms with Gasteiger partial charge in [-0.2, -0.15) is 0 Å². The molecule has 1 heterocycles. The number of hydrogen-bond acceptors (Lipinski definition) is 4. The second-order valence-electron chi connectivity index (χ2n) is 4.24. The Morgan fingerprint density at radius 1 is 1.56 bits per heavy atom. The van der Waals surface area contributed by atoms with Crippen molar-refractivity contribution in [3.63, 3.8) is 0 Å². The van der Waals surface area contributed by atoms with Crippen molar-refractivity contribution in [1.29, 1.82) is 0 Å². The van der Waals surface area contributed by atoms with Crippen molar-refractivity contribution in [3.8, 4) is 0 Å². The highest BCUT2D eigenvalue weighted by molar-refractivity contribution is 5.98. The monoisotopic (exact) mass is 253 g/mol. The molecule has 1 unspecified atom stereocenters. The number of rotatable bonds is 5. The predicted molar refractivity (Wildman–Crippen MR) is 67.7 cm³/mol. The number of amides is 1. The minimum absolute atomic E-state index is 0.0411. The largest absolute Gasteiger partial charge is 0.456 e. The van der Waals surface area contributed by atoms with E-state index in [0.29, 0.717) is 6.42 Å². The van der Waals surface area contributed by atoms with E-state index in [0.717, 1.165) is 12.2 Å². The summed E-state index contributed by atoms with van der Waals surface area (Å²) in [5, 5.41) is 14.4. The maximum atomic E-state index is 12.0. The SMILES string of the molecule is CCc1ccc(C(=O)NC(C)(CC)C(N)=NO)o1. The van der Waals surface area contributed by atoms with E-state index in [-0.39, 0.29) is 17.5 Å². The molecule has 1 aromatic heterocycles. The van der Waals surface area contributed by atoms with Gasteiger partial charge in [0.2, 0.25) is 0 Å². The van der Waals surface area contributed by atoms with Gasteiger partial charge in [0.05, 0.1) is 5.54 Å². The molecule has 0 bridgehead atoms. The fourth-order valence-electron chi connectivity index (χ4n) is 1.45. The molecule has 6 nitrogen and oxygen atoms in total. The van der Waals surface area contributed by atoms with Crippen molar-refractivity contribution in [2.45, 2.75) is 39.2 Å². The van der Waals surface area contributed by atoms with E-state index < -0.39 is 5.54 Å². The number of nitrogens with one attached hydrogen (secondary N) is 1. The van der Waals surface area contributed by atoms with Crippen LogP contribution >= 0.6 is 0 Å². The molecule has 1 atom stereocenters. The molecule has 1 amide bonds. The van der Waals surface area contributed by atoms with Crippen LogP contribution in [0.3, 0.4) is 0 Å². The summed E-state index contributed by atoms with van der Waals surface area (Å²) in [4.78, 5) is 12.0. The van der Waals surface area contributed by atoms with Gasteiger partial charge in [-0.05, 0) is 25.5 Å². The zero-order valence-corrected chi connectivity index (χ0v) is 10.9. The summed E-state index contributed by atoms with van der Waals surface area (Å²) in [5.41, 5.74) is 4.68. The maximum absolute atomic E-state index is 12.0. The summed E-state index contributed by atoms with van der Waals surface area (Å²) in [6.07, 6.45) is 1.22. The summed E-state index contributed by atoms with van der Waals surface area (Å²) >= 11 is 0. The summed E-state index contributed by atoms with van der Waals surface area (Å²) in [7, 11) is 0. The topological polar surface area (TPSA) is 101 Å². The van der Waals surface area contributed by atoms with Crippen LogP contribution in [-0.2, 0) is 6.42 Å². The Labute approximate surface area is 106 Å². The minimum atomic E-state index is -0.898. The first-order valence-electron chi connectivity index (χ1n) is 5.86. The maximum Gasteiger partial charge on any atom is 0.287 e. The van der Waals surface area contributed by atoms with Crippen molar-refractivity contribution >= 4 is 11.7 Å². The average molecular weight is 253 g/mol. The van der Waals surface area contributed by atoms with E-state index in [9.17, 15) is 4.79 Å². The molecule has 0 saturated carbocycles. The van der Waals surface area contributed by atoms with Crippen LogP contribution in [0, 0.1) is 0 Å². The Bertz CT molecular complexity index is 453. The highest BCUT2D eigenvalue weighted by Gasteiger charge is 2.30. The third-order valence-electron chi connectivity index (χ3n) is 3.00. The van der Waals surface area contributed by atoms with Crippen LogP contribution in [-0.4, -0.2) is 22.5 Å². The third kappa shape index (κ3) is 2.82. The first kappa shape index (κ1) is 14.1. The summed E-state index contributed by atoms with van der Waals surface area (Å²) < 4.78 is 5.34. The van der Waals surface area contributed by atoms with Gasteiger partial charge in [-0.15, -0.1) is 0 Å². The number of nitrogens with two attached hydrogens (primary N) is 1. The Morgan fingerprint density at radius 2 is 2.22 bits per heavy atom. The zero-order valence-electron chi connectivity index (χ0n) is 10.9. The molecular formula is C12H19N3O3. The number of hydrogen-bond donors (Lipinski definition) is 3. The molecule has 1 rings (SSSR count). The number of carbonyl (C=O) groups excluding carboxylic acids is 1. The molecule has 4 N–H and O–H groups in total. The van der Waals surface area contributed by atoms with Crippen LogP contribution in [0.2, 0.25) is 0 Å². The van der Waals surface area contributed by atoms with Crippen LogP contribution < -0.4 is 11.1 Å². The van der Waals surface area contributed by atoms with Crippen molar-refractivity contribution in [3.05, 3.63) is 23.7 Å². The Hall–Kier alpha value is -1.98. The molecule has 0 fully saturated rings. The second-order valence-corrected chi connectivity index (χ2v) is 4.24. The first-order valence-corrected chi connectivity index (χ1v) is 5.86. The summed E-state index contributed by atoms with van der Waals surface area (Å²) in [5.74, 6) is 0.533. The van der Waals surface area contributed by atoms with Crippen molar-refractivity contribution in [2.75, 3.05) is 0 Å². The number of aryl methyl sites for hydroxylation is 1. The van der Waals surface area contributed by atoms with Gasteiger partial charge in [0, 0.05) is 6.42 Å². The fourth-order valence-corrected chi connectivity index (χ4v) is 1.45. The van der Waals surface area contributed by atoms with Crippen LogP contribution in [0.1, 0.15) is 43.5 Å². The van der Waals surface area contributed by atoms with Gasteiger partial charge in [0.1, 0.15) is 5.76 Å². The number of carbonyl (C=O) groups is 1. The van der Waals surface area contributed by atoms with Crippen LogP contribution in [0.5, 0.6) is 0 Å². The number of oxime groups is 1. The molecule has 18 heavy (non-hydrogen) atoms. The summed E-state index contributed by atoms with van der Waals surface area (Å²) in [6.45, 7) is 5.45. The van der Waals surface area contributed by atoms with Crippen molar-refractivity contribution in [1.82, 2.24) is 5.32 Å². The predicted octanol–water partition coefficient (Wildman–Crippen LogP) is 1.49. The van der Waals surface area contributed by atoms with Gasteiger partial charge < -0.3 is 20.7 Å². The minimum Gasteiger partial charge on any atom is -0.456 e. The molecule has 0 aliphatic carbocycles. The number of amidine groups is 1. The third-order valence-corrected chi connectivity index (χ3v) is 3.00. The number of nitrogens with zero attached hydrogens (tertiary/aromatic N) is 1. The van der Waals surface area contributed by atoms with Crippen molar-refractivity contribution < 1.29 is 14.4 Å². The molecule has 1 aromatic rings. The van der Waals surface area contributed by atoms with E-state index in [4.69, 9.17) is 15.4 Å². The number of furan rings is 1. The van der Waals surface area contributed by atoms with E-state index in [1.54, 1.807) is 19.1 Å². The quantitative estimate of drug-likeness (QED) is 0.320. The first-order chi connectivity index (χ1) is 8.46.